The highest BCUT2D eigenvalue weighted by Crippen LogP contribution is 2.38. The molecule has 28 heavy (non-hydrogen) atoms. The number of aromatic nitrogens is 3. The first-order valence-electron chi connectivity index (χ1n) is 10.7. The zero-order valence-electron chi connectivity index (χ0n) is 16.7. The molecule has 9 heteroatoms. The van der Waals surface area contributed by atoms with Crippen molar-refractivity contribution in [2.45, 2.75) is 63.8 Å². The Bertz CT molecular complexity index is 804. The Kier molecular flexibility index (Phi) is 5.73. The van der Waals surface area contributed by atoms with Gasteiger partial charge in [-0.1, -0.05) is 6.92 Å². The van der Waals surface area contributed by atoms with Gasteiger partial charge in [0.25, 0.3) is 0 Å². The molecule has 3 fully saturated rings. The molecule has 3 heterocycles. The van der Waals surface area contributed by atoms with Crippen LogP contribution in [-0.4, -0.2) is 70.2 Å². The predicted octanol–water partition coefficient (Wildman–Crippen LogP) is 1.77. The van der Waals surface area contributed by atoms with Gasteiger partial charge in [-0.2, -0.15) is 0 Å². The Morgan fingerprint density at radius 3 is 2.68 bits per heavy atom. The molecule has 3 aliphatic rings. The third-order valence-electron chi connectivity index (χ3n) is 6.23. The molecule has 0 aromatic carbocycles. The van der Waals surface area contributed by atoms with E-state index in [1.54, 1.807) is 0 Å². The molecule has 0 radical (unpaired) electrons. The molecular formula is C19H31N5O3S. The molecule has 4 rings (SSSR count). The molecule has 2 aliphatic heterocycles. The summed E-state index contributed by atoms with van der Waals surface area (Å²) in [6.45, 7) is 4.17. The summed E-state index contributed by atoms with van der Waals surface area (Å²) in [6, 6.07) is 0.534. The Labute approximate surface area is 167 Å². The molecule has 1 amide bonds. The maximum Gasteiger partial charge on any atom is 0.227 e. The standard InChI is InChI=1S/C19H31N5O3S/c1-2-11-28(26,27)23-10-4-6-16(13-23)19(25)22-9-3-5-15(12-22)18-21-20-14-24(18)17-7-8-17/h14-17H,2-13H2,1H3. The first-order valence-corrected chi connectivity index (χ1v) is 12.3. The van der Waals surface area contributed by atoms with E-state index in [9.17, 15) is 13.2 Å². The summed E-state index contributed by atoms with van der Waals surface area (Å²) < 4.78 is 28.6. The molecule has 1 aromatic heterocycles. The van der Waals surface area contributed by atoms with Gasteiger partial charge in [0.1, 0.15) is 12.2 Å². The molecule has 0 spiro atoms. The van der Waals surface area contributed by atoms with E-state index in [-0.39, 0.29) is 23.5 Å². The number of carbonyl (C=O) groups is 1. The molecule has 2 unspecified atom stereocenters. The van der Waals surface area contributed by atoms with Gasteiger partial charge in [0.2, 0.25) is 15.9 Å². The van der Waals surface area contributed by atoms with Crippen LogP contribution in [0.15, 0.2) is 6.33 Å². The van der Waals surface area contributed by atoms with Crippen LogP contribution in [0.1, 0.15) is 69.7 Å². The van der Waals surface area contributed by atoms with Crippen molar-refractivity contribution in [1.82, 2.24) is 24.0 Å². The van der Waals surface area contributed by atoms with Gasteiger partial charge in [-0.05, 0) is 44.9 Å². The monoisotopic (exact) mass is 409 g/mol. The van der Waals surface area contributed by atoms with Gasteiger partial charge >= 0.3 is 0 Å². The Morgan fingerprint density at radius 2 is 1.93 bits per heavy atom. The second-order valence-electron chi connectivity index (χ2n) is 8.46. The summed E-state index contributed by atoms with van der Waals surface area (Å²) in [5, 5.41) is 8.47. The van der Waals surface area contributed by atoms with E-state index in [0.717, 1.165) is 38.1 Å². The topological polar surface area (TPSA) is 88.4 Å². The lowest BCUT2D eigenvalue weighted by Crippen LogP contribution is -2.49. The number of sulfonamides is 1. The van der Waals surface area contributed by atoms with Crippen LogP contribution in [0.3, 0.4) is 0 Å². The highest BCUT2D eigenvalue weighted by Gasteiger charge is 2.37. The summed E-state index contributed by atoms with van der Waals surface area (Å²) in [6.07, 6.45) is 8.31. The van der Waals surface area contributed by atoms with Gasteiger partial charge in [0.15, 0.2) is 0 Å². The molecule has 1 aliphatic carbocycles. The quantitative estimate of drug-likeness (QED) is 0.714. The van der Waals surface area contributed by atoms with Crippen LogP contribution in [0.5, 0.6) is 0 Å². The van der Waals surface area contributed by atoms with Crippen LogP contribution in [0.2, 0.25) is 0 Å². The maximum atomic E-state index is 13.2. The van der Waals surface area contributed by atoms with Crippen molar-refractivity contribution in [2.75, 3.05) is 31.9 Å². The average molecular weight is 410 g/mol. The number of piperidine rings is 2. The van der Waals surface area contributed by atoms with Crippen LogP contribution in [0.4, 0.5) is 0 Å². The smallest absolute Gasteiger partial charge is 0.227 e. The van der Waals surface area contributed by atoms with Gasteiger partial charge in [-0.25, -0.2) is 12.7 Å². The van der Waals surface area contributed by atoms with E-state index in [1.807, 2.05) is 18.2 Å². The summed E-state index contributed by atoms with van der Waals surface area (Å²) in [7, 11) is -3.24. The minimum atomic E-state index is -3.24. The van der Waals surface area contributed by atoms with Crippen LogP contribution in [-0.2, 0) is 14.8 Å². The zero-order valence-corrected chi connectivity index (χ0v) is 17.5. The predicted molar refractivity (Wildman–Crippen MR) is 105 cm³/mol. The normalized spacial score (nSPS) is 27.1. The number of amides is 1. The fraction of sp³-hybridized carbons (Fsp3) is 0.842. The van der Waals surface area contributed by atoms with E-state index < -0.39 is 10.0 Å². The summed E-state index contributed by atoms with van der Waals surface area (Å²) in [5.41, 5.74) is 0. The fourth-order valence-corrected chi connectivity index (χ4v) is 6.20. The van der Waals surface area contributed by atoms with Crippen molar-refractivity contribution in [3.05, 3.63) is 12.2 Å². The first-order chi connectivity index (χ1) is 13.5. The van der Waals surface area contributed by atoms with Gasteiger partial charge in [-0.15, -0.1) is 10.2 Å². The largest absolute Gasteiger partial charge is 0.342 e. The van der Waals surface area contributed by atoms with Crippen LogP contribution in [0, 0.1) is 5.92 Å². The maximum absolute atomic E-state index is 13.2. The van der Waals surface area contributed by atoms with Crippen molar-refractivity contribution in [3.8, 4) is 0 Å². The second-order valence-corrected chi connectivity index (χ2v) is 10.6. The van der Waals surface area contributed by atoms with Crippen molar-refractivity contribution >= 4 is 15.9 Å². The Morgan fingerprint density at radius 1 is 1.14 bits per heavy atom. The summed E-state index contributed by atoms with van der Waals surface area (Å²) in [5.74, 6) is 1.29. The van der Waals surface area contributed by atoms with Gasteiger partial charge in [0, 0.05) is 38.1 Å². The summed E-state index contributed by atoms with van der Waals surface area (Å²) in [4.78, 5) is 15.1. The highest BCUT2D eigenvalue weighted by molar-refractivity contribution is 7.89. The van der Waals surface area contributed by atoms with Gasteiger partial charge < -0.3 is 9.47 Å². The number of nitrogens with zero attached hydrogens (tertiary/aromatic N) is 5. The number of carbonyl (C=O) groups excluding carboxylic acids is 1. The average Bonchev–Trinajstić information content (AvgIpc) is 3.44. The van der Waals surface area contributed by atoms with Crippen LogP contribution >= 0.6 is 0 Å². The van der Waals surface area contributed by atoms with Crippen molar-refractivity contribution in [3.63, 3.8) is 0 Å². The van der Waals surface area contributed by atoms with Crippen molar-refractivity contribution in [1.29, 1.82) is 0 Å². The van der Waals surface area contributed by atoms with Gasteiger partial charge in [0.05, 0.1) is 11.7 Å². The molecule has 156 valence electrons. The van der Waals surface area contributed by atoms with Crippen molar-refractivity contribution < 1.29 is 13.2 Å². The number of hydrogen-bond acceptors (Lipinski definition) is 5. The minimum absolute atomic E-state index is 0.110. The molecule has 1 saturated carbocycles. The number of likely N-dealkylation sites (tertiary alicyclic amines) is 1. The zero-order chi connectivity index (χ0) is 19.7. The second kappa shape index (κ2) is 8.10. The van der Waals surface area contributed by atoms with E-state index >= 15 is 0 Å². The lowest BCUT2D eigenvalue weighted by Gasteiger charge is -2.37. The lowest BCUT2D eigenvalue weighted by atomic mass is 9.93. The highest BCUT2D eigenvalue weighted by atomic mass is 32.2. The molecule has 2 atom stereocenters. The molecule has 2 saturated heterocycles. The third-order valence-corrected chi connectivity index (χ3v) is 8.27. The third kappa shape index (κ3) is 4.10. The molecule has 0 N–H and O–H groups in total. The molecule has 8 nitrogen and oxygen atoms in total. The van der Waals surface area contributed by atoms with Gasteiger partial charge in [-0.3, -0.25) is 4.79 Å². The van der Waals surface area contributed by atoms with E-state index in [4.69, 9.17) is 0 Å². The molecular weight excluding hydrogens is 378 g/mol. The lowest BCUT2D eigenvalue weighted by molar-refractivity contribution is -0.138. The fourth-order valence-electron chi connectivity index (χ4n) is 4.61. The first kappa shape index (κ1) is 19.8. The Hall–Kier alpha value is -1.48. The van der Waals surface area contributed by atoms with E-state index in [0.29, 0.717) is 32.1 Å². The number of hydrogen-bond donors (Lipinski definition) is 0. The van der Waals surface area contributed by atoms with Crippen molar-refractivity contribution in [2.24, 2.45) is 5.92 Å². The van der Waals surface area contributed by atoms with Crippen LogP contribution < -0.4 is 0 Å². The minimum Gasteiger partial charge on any atom is -0.342 e. The molecule has 0 bridgehead atoms. The SMILES string of the molecule is CCCS(=O)(=O)N1CCCC(C(=O)N2CCCC(c3nncn3C3CC3)C2)C1. The number of rotatable bonds is 6. The summed E-state index contributed by atoms with van der Waals surface area (Å²) >= 11 is 0. The Balaban J connectivity index is 1.42. The van der Waals surface area contributed by atoms with E-state index in [1.165, 1.54) is 17.1 Å². The van der Waals surface area contributed by atoms with Crippen LogP contribution in [0.25, 0.3) is 0 Å². The molecule has 1 aromatic rings. The van der Waals surface area contributed by atoms with E-state index in [2.05, 4.69) is 14.8 Å².